The molecule has 2 aliphatic heterocycles. The molecule has 2 aliphatic rings. The van der Waals surface area contributed by atoms with Crippen molar-refractivity contribution in [2.45, 2.75) is 64.1 Å². The minimum absolute atomic E-state index is 0.0102. The van der Waals surface area contributed by atoms with E-state index in [-0.39, 0.29) is 18.0 Å². The third kappa shape index (κ3) is 3.69. The first-order valence-corrected chi connectivity index (χ1v) is 7.31. The highest BCUT2D eigenvalue weighted by atomic mass is 16.5. The third-order valence-corrected chi connectivity index (χ3v) is 4.28. The average molecular weight is 254 g/mol. The summed E-state index contributed by atoms with van der Waals surface area (Å²) >= 11 is 0. The molecule has 4 heteroatoms. The van der Waals surface area contributed by atoms with E-state index in [1.807, 2.05) is 0 Å². The molecule has 2 heterocycles. The van der Waals surface area contributed by atoms with Crippen molar-refractivity contribution in [2.24, 2.45) is 5.92 Å². The number of hydrogen-bond acceptors (Lipinski definition) is 3. The molecule has 2 N–H and O–H groups in total. The monoisotopic (exact) mass is 254 g/mol. The lowest BCUT2D eigenvalue weighted by Crippen LogP contribution is -2.53. The molecule has 0 aromatic heterocycles. The summed E-state index contributed by atoms with van der Waals surface area (Å²) in [7, 11) is 0. The molecule has 18 heavy (non-hydrogen) atoms. The summed E-state index contributed by atoms with van der Waals surface area (Å²) in [5.41, 5.74) is 0. The molecule has 2 saturated heterocycles. The number of amides is 1. The summed E-state index contributed by atoms with van der Waals surface area (Å²) in [5.74, 6) is 0.754. The van der Waals surface area contributed by atoms with Crippen LogP contribution in [0.4, 0.5) is 0 Å². The normalized spacial score (nSPS) is 31.9. The van der Waals surface area contributed by atoms with Gasteiger partial charge in [-0.1, -0.05) is 0 Å². The van der Waals surface area contributed by atoms with Crippen molar-refractivity contribution in [1.82, 2.24) is 10.6 Å². The van der Waals surface area contributed by atoms with Gasteiger partial charge in [0.25, 0.3) is 0 Å². The van der Waals surface area contributed by atoms with Gasteiger partial charge in [-0.3, -0.25) is 4.79 Å². The first-order valence-electron chi connectivity index (χ1n) is 7.31. The molecular formula is C14H26N2O2. The maximum absolute atomic E-state index is 12.2. The fraction of sp³-hybridized carbons (Fsp3) is 0.929. The van der Waals surface area contributed by atoms with Gasteiger partial charge < -0.3 is 15.4 Å². The van der Waals surface area contributed by atoms with Crippen LogP contribution >= 0.6 is 0 Å². The lowest BCUT2D eigenvalue weighted by molar-refractivity contribution is -0.125. The molecule has 0 aliphatic carbocycles. The number of ether oxygens (including phenoxy) is 1. The first kappa shape index (κ1) is 13.8. The van der Waals surface area contributed by atoms with Crippen LogP contribution in [0.15, 0.2) is 0 Å². The minimum atomic E-state index is 0.0102. The van der Waals surface area contributed by atoms with E-state index in [2.05, 4.69) is 24.5 Å². The predicted octanol–water partition coefficient (Wildman–Crippen LogP) is 1.45. The van der Waals surface area contributed by atoms with Crippen molar-refractivity contribution in [1.29, 1.82) is 0 Å². The van der Waals surface area contributed by atoms with Gasteiger partial charge in [-0.2, -0.15) is 0 Å². The highest BCUT2D eigenvalue weighted by Gasteiger charge is 2.27. The minimum Gasteiger partial charge on any atom is -0.381 e. The van der Waals surface area contributed by atoms with E-state index in [1.165, 1.54) is 6.42 Å². The number of rotatable bonds is 3. The lowest BCUT2D eigenvalue weighted by atomic mass is 9.92. The van der Waals surface area contributed by atoms with Gasteiger partial charge in [-0.25, -0.2) is 0 Å². The van der Waals surface area contributed by atoms with Crippen LogP contribution in [0.2, 0.25) is 0 Å². The highest BCUT2D eigenvalue weighted by molar-refractivity contribution is 5.82. The van der Waals surface area contributed by atoms with Gasteiger partial charge in [0.1, 0.15) is 0 Å². The Hall–Kier alpha value is -0.610. The van der Waals surface area contributed by atoms with E-state index in [1.54, 1.807) is 0 Å². The molecule has 4 nitrogen and oxygen atoms in total. The molecule has 0 aromatic carbocycles. The Balaban J connectivity index is 1.78. The molecule has 1 amide bonds. The summed E-state index contributed by atoms with van der Waals surface area (Å²) < 4.78 is 5.36. The third-order valence-electron chi connectivity index (χ3n) is 4.28. The lowest BCUT2D eigenvalue weighted by Gasteiger charge is -2.32. The molecule has 2 fully saturated rings. The van der Waals surface area contributed by atoms with Crippen LogP contribution in [0.25, 0.3) is 0 Å². The fourth-order valence-corrected chi connectivity index (χ4v) is 3.00. The molecule has 0 radical (unpaired) electrons. The van der Waals surface area contributed by atoms with Crippen LogP contribution in [0.5, 0.6) is 0 Å². The smallest absolute Gasteiger partial charge is 0.237 e. The zero-order valence-electron chi connectivity index (χ0n) is 11.6. The van der Waals surface area contributed by atoms with Gasteiger partial charge in [-0.15, -0.1) is 0 Å². The van der Waals surface area contributed by atoms with Gasteiger partial charge in [0, 0.05) is 25.3 Å². The Morgan fingerprint density at radius 2 is 2.00 bits per heavy atom. The molecule has 0 aromatic rings. The van der Waals surface area contributed by atoms with Crippen molar-refractivity contribution in [3.05, 3.63) is 0 Å². The Morgan fingerprint density at radius 1 is 1.28 bits per heavy atom. The molecule has 3 atom stereocenters. The second-order valence-corrected chi connectivity index (χ2v) is 5.80. The maximum atomic E-state index is 12.2. The zero-order valence-corrected chi connectivity index (χ0v) is 11.6. The number of carbonyl (C=O) groups is 1. The number of carbonyl (C=O) groups excluding carboxylic acids is 1. The van der Waals surface area contributed by atoms with Crippen molar-refractivity contribution in [3.63, 3.8) is 0 Å². The topological polar surface area (TPSA) is 50.4 Å². The molecule has 0 saturated carbocycles. The Bertz CT molecular complexity index is 277. The Kier molecular flexibility index (Phi) is 5.01. The standard InChI is InChI=1S/C14H26N2O2/c1-10-4-3-5-13(15-10)14(17)16-11(2)12-6-8-18-9-7-12/h10-13,15H,3-9H2,1-2H3,(H,16,17). The molecule has 0 bridgehead atoms. The van der Waals surface area contributed by atoms with E-state index in [0.29, 0.717) is 12.0 Å². The van der Waals surface area contributed by atoms with E-state index >= 15 is 0 Å². The van der Waals surface area contributed by atoms with Gasteiger partial charge in [0.2, 0.25) is 5.91 Å². The second kappa shape index (κ2) is 6.53. The highest BCUT2D eigenvalue weighted by Crippen LogP contribution is 2.19. The van der Waals surface area contributed by atoms with Crippen molar-refractivity contribution in [2.75, 3.05) is 13.2 Å². The quantitative estimate of drug-likeness (QED) is 0.801. The van der Waals surface area contributed by atoms with Crippen LogP contribution in [0, 0.1) is 5.92 Å². The van der Waals surface area contributed by atoms with Gasteiger partial charge in [0.05, 0.1) is 6.04 Å². The predicted molar refractivity (Wildman–Crippen MR) is 71.4 cm³/mol. The fourth-order valence-electron chi connectivity index (χ4n) is 3.00. The van der Waals surface area contributed by atoms with Crippen molar-refractivity contribution < 1.29 is 9.53 Å². The number of nitrogens with one attached hydrogen (secondary N) is 2. The van der Waals surface area contributed by atoms with E-state index in [0.717, 1.165) is 38.9 Å². The largest absolute Gasteiger partial charge is 0.381 e. The maximum Gasteiger partial charge on any atom is 0.237 e. The van der Waals surface area contributed by atoms with Crippen LogP contribution in [-0.2, 0) is 9.53 Å². The zero-order chi connectivity index (χ0) is 13.0. The van der Waals surface area contributed by atoms with E-state index in [9.17, 15) is 4.79 Å². The Labute approximate surface area is 110 Å². The van der Waals surface area contributed by atoms with Crippen LogP contribution in [-0.4, -0.2) is 37.2 Å². The average Bonchev–Trinajstić information content (AvgIpc) is 2.39. The van der Waals surface area contributed by atoms with Crippen molar-refractivity contribution >= 4 is 5.91 Å². The van der Waals surface area contributed by atoms with E-state index < -0.39 is 0 Å². The van der Waals surface area contributed by atoms with Crippen LogP contribution in [0.3, 0.4) is 0 Å². The van der Waals surface area contributed by atoms with Crippen LogP contribution < -0.4 is 10.6 Å². The molecule has 3 unspecified atom stereocenters. The summed E-state index contributed by atoms with van der Waals surface area (Å²) in [6, 6.07) is 0.740. The number of piperidine rings is 1. The summed E-state index contributed by atoms with van der Waals surface area (Å²) in [4.78, 5) is 12.2. The van der Waals surface area contributed by atoms with Gasteiger partial charge in [0.15, 0.2) is 0 Å². The van der Waals surface area contributed by atoms with Crippen molar-refractivity contribution in [3.8, 4) is 0 Å². The van der Waals surface area contributed by atoms with E-state index in [4.69, 9.17) is 4.74 Å². The van der Waals surface area contributed by atoms with Gasteiger partial charge >= 0.3 is 0 Å². The Morgan fingerprint density at radius 3 is 2.67 bits per heavy atom. The first-order chi connectivity index (χ1) is 8.66. The second-order valence-electron chi connectivity index (χ2n) is 5.80. The van der Waals surface area contributed by atoms with Crippen LogP contribution in [0.1, 0.15) is 46.0 Å². The molecule has 104 valence electrons. The SMILES string of the molecule is CC1CCCC(C(=O)NC(C)C2CCOCC2)N1. The molecular weight excluding hydrogens is 228 g/mol. The molecule has 0 spiro atoms. The molecule has 2 rings (SSSR count). The summed E-state index contributed by atoms with van der Waals surface area (Å²) in [6.45, 7) is 5.95. The summed E-state index contributed by atoms with van der Waals surface area (Å²) in [6.07, 6.45) is 5.43. The number of hydrogen-bond donors (Lipinski definition) is 2. The summed E-state index contributed by atoms with van der Waals surface area (Å²) in [5, 5.41) is 6.57. The van der Waals surface area contributed by atoms with Gasteiger partial charge in [-0.05, 0) is 51.9 Å².